The monoisotopic (exact) mass is 232 g/mol. The fourth-order valence-corrected chi connectivity index (χ4v) is 1.12. The number of carboxylic acids is 1. The van der Waals surface area contributed by atoms with Crippen LogP contribution in [0.15, 0.2) is 10.7 Å². The van der Waals surface area contributed by atoms with Gasteiger partial charge < -0.3 is 5.11 Å². The maximum Gasteiger partial charge on any atom is 0.312 e. The summed E-state index contributed by atoms with van der Waals surface area (Å²) in [4.78, 5) is 10.6. The maximum atomic E-state index is 10.6. The third-order valence-corrected chi connectivity index (χ3v) is 2.40. The minimum atomic E-state index is -0.861. The molecule has 0 aromatic carbocycles. The van der Waals surface area contributed by atoms with Crippen molar-refractivity contribution in [1.82, 2.24) is 9.78 Å². The zero-order valence-corrected chi connectivity index (χ0v) is 8.37. The number of aromatic nitrogens is 2. The third kappa shape index (κ3) is 1.66. The van der Waals surface area contributed by atoms with Crippen molar-refractivity contribution >= 4 is 21.9 Å². The molecule has 12 heavy (non-hydrogen) atoms. The molecule has 0 aliphatic rings. The highest BCUT2D eigenvalue weighted by molar-refractivity contribution is 9.10. The quantitative estimate of drug-likeness (QED) is 0.839. The van der Waals surface area contributed by atoms with Crippen LogP contribution >= 0.6 is 15.9 Å². The molecule has 1 unspecified atom stereocenters. The van der Waals surface area contributed by atoms with E-state index in [2.05, 4.69) is 21.0 Å². The summed E-state index contributed by atoms with van der Waals surface area (Å²) in [6.45, 7) is 1.61. The van der Waals surface area contributed by atoms with Gasteiger partial charge in [0.1, 0.15) is 4.60 Å². The first-order valence-electron chi connectivity index (χ1n) is 3.44. The summed E-state index contributed by atoms with van der Waals surface area (Å²) < 4.78 is 2.38. The number of aryl methyl sites for hydroxylation is 1. The summed E-state index contributed by atoms with van der Waals surface area (Å²) in [7, 11) is 1.75. The van der Waals surface area contributed by atoms with Crippen LogP contribution in [0.5, 0.6) is 0 Å². The van der Waals surface area contributed by atoms with Crippen LogP contribution in [0.3, 0.4) is 0 Å². The van der Waals surface area contributed by atoms with Crippen LogP contribution in [-0.2, 0) is 11.8 Å². The Morgan fingerprint density at radius 3 is 2.75 bits per heavy atom. The van der Waals surface area contributed by atoms with Crippen molar-refractivity contribution in [3.8, 4) is 0 Å². The van der Waals surface area contributed by atoms with Gasteiger partial charge in [0.25, 0.3) is 0 Å². The number of aliphatic carboxylic acids is 1. The molecular weight excluding hydrogens is 224 g/mol. The summed E-state index contributed by atoms with van der Waals surface area (Å²) in [6.07, 6.45) is 0. The Morgan fingerprint density at radius 2 is 2.42 bits per heavy atom. The fourth-order valence-electron chi connectivity index (χ4n) is 0.803. The molecule has 66 valence electrons. The lowest BCUT2D eigenvalue weighted by molar-refractivity contribution is -0.138. The zero-order chi connectivity index (χ0) is 9.30. The predicted octanol–water partition coefficient (Wildman–Crippen LogP) is 1.37. The van der Waals surface area contributed by atoms with Gasteiger partial charge in [0.15, 0.2) is 0 Å². The molecule has 0 bridgehead atoms. The normalized spacial score (nSPS) is 12.9. The molecule has 0 saturated carbocycles. The third-order valence-electron chi connectivity index (χ3n) is 1.66. The van der Waals surface area contributed by atoms with Gasteiger partial charge in [0.05, 0.1) is 11.6 Å². The van der Waals surface area contributed by atoms with E-state index in [1.54, 1.807) is 24.7 Å². The fraction of sp³-hybridized carbons (Fsp3) is 0.429. The Labute approximate surface area is 78.3 Å². The molecule has 0 radical (unpaired) electrons. The number of nitrogens with zero attached hydrogens (tertiary/aromatic N) is 2. The van der Waals surface area contributed by atoms with E-state index in [0.29, 0.717) is 5.69 Å². The summed E-state index contributed by atoms with van der Waals surface area (Å²) in [5.74, 6) is -1.41. The van der Waals surface area contributed by atoms with Crippen LogP contribution in [0.1, 0.15) is 18.5 Å². The second kappa shape index (κ2) is 3.26. The van der Waals surface area contributed by atoms with E-state index in [-0.39, 0.29) is 0 Å². The van der Waals surface area contributed by atoms with Crippen molar-refractivity contribution in [2.24, 2.45) is 7.05 Å². The Balaban J connectivity index is 2.96. The van der Waals surface area contributed by atoms with E-state index in [1.807, 2.05) is 0 Å². The average Bonchev–Trinajstić information content (AvgIpc) is 2.30. The number of carboxylic acid groups (broad SMARTS) is 1. The highest BCUT2D eigenvalue weighted by Crippen LogP contribution is 2.18. The second-order valence-corrected chi connectivity index (χ2v) is 3.39. The highest BCUT2D eigenvalue weighted by Gasteiger charge is 2.17. The number of halogens is 1. The maximum absolute atomic E-state index is 10.6. The Hall–Kier alpha value is -0.840. The van der Waals surface area contributed by atoms with Crippen molar-refractivity contribution < 1.29 is 9.90 Å². The predicted molar refractivity (Wildman–Crippen MR) is 47.0 cm³/mol. The molecule has 4 nitrogen and oxygen atoms in total. The molecule has 1 rings (SSSR count). The molecule has 1 aromatic rings. The van der Waals surface area contributed by atoms with Gasteiger partial charge in [0, 0.05) is 7.05 Å². The van der Waals surface area contributed by atoms with Gasteiger partial charge >= 0.3 is 5.97 Å². The molecule has 0 amide bonds. The van der Waals surface area contributed by atoms with E-state index in [4.69, 9.17) is 5.11 Å². The number of hydrogen-bond donors (Lipinski definition) is 1. The van der Waals surface area contributed by atoms with Gasteiger partial charge in [-0.05, 0) is 28.9 Å². The molecule has 1 atom stereocenters. The SMILES string of the molecule is CC(C(=O)O)c1cc(Br)n(C)n1. The average molecular weight is 233 g/mol. The van der Waals surface area contributed by atoms with Gasteiger partial charge in [-0.15, -0.1) is 0 Å². The lowest BCUT2D eigenvalue weighted by atomic mass is 10.1. The Kier molecular flexibility index (Phi) is 2.52. The molecule has 0 saturated heterocycles. The van der Waals surface area contributed by atoms with Crippen molar-refractivity contribution in [1.29, 1.82) is 0 Å². The molecule has 0 aliphatic heterocycles. The molecule has 0 fully saturated rings. The van der Waals surface area contributed by atoms with E-state index >= 15 is 0 Å². The van der Waals surface area contributed by atoms with Crippen molar-refractivity contribution in [3.05, 3.63) is 16.4 Å². The second-order valence-electron chi connectivity index (χ2n) is 2.58. The summed E-state index contributed by atoms with van der Waals surface area (Å²) >= 11 is 3.24. The van der Waals surface area contributed by atoms with Gasteiger partial charge in [-0.25, -0.2) is 0 Å². The van der Waals surface area contributed by atoms with Crippen LogP contribution in [0.4, 0.5) is 0 Å². The molecule has 0 aliphatic carbocycles. The van der Waals surface area contributed by atoms with Crippen molar-refractivity contribution in [2.75, 3.05) is 0 Å². The number of rotatable bonds is 2. The molecule has 5 heteroatoms. The van der Waals surface area contributed by atoms with Gasteiger partial charge in [-0.3, -0.25) is 9.48 Å². The Bertz CT molecular complexity index is 289. The van der Waals surface area contributed by atoms with Crippen LogP contribution in [0.2, 0.25) is 0 Å². The lowest BCUT2D eigenvalue weighted by Crippen LogP contribution is -2.08. The van der Waals surface area contributed by atoms with E-state index < -0.39 is 11.9 Å². The summed E-state index contributed by atoms with van der Waals surface area (Å²) in [5, 5.41) is 12.7. The smallest absolute Gasteiger partial charge is 0.312 e. The van der Waals surface area contributed by atoms with Gasteiger partial charge in [-0.1, -0.05) is 0 Å². The highest BCUT2D eigenvalue weighted by atomic mass is 79.9. The molecule has 1 heterocycles. The standard InChI is InChI=1S/C7H9BrN2O2/c1-4(7(11)12)5-3-6(8)10(2)9-5/h3-4H,1-2H3,(H,11,12). The molecular formula is C7H9BrN2O2. The largest absolute Gasteiger partial charge is 0.481 e. The summed E-state index contributed by atoms with van der Waals surface area (Å²) in [6, 6.07) is 1.71. The van der Waals surface area contributed by atoms with Gasteiger partial charge in [0.2, 0.25) is 0 Å². The van der Waals surface area contributed by atoms with Crippen LogP contribution < -0.4 is 0 Å². The van der Waals surface area contributed by atoms with E-state index in [1.165, 1.54) is 0 Å². The number of hydrogen-bond acceptors (Lipinski definition) is 2. The first-order valence-corrected chi connectivity index (χ1v) is 4.24. The van der Waals surface area contributed by atoms with Crippen LogP contribution in [-0.4, -0.2) is 20.9 Å². The first-order chi connectivity index (χ1) is 5.52. The lowest BCUT2D eigenvalue weighted by Gasteiger charge is -1.99. The number of carbonyl (C=O) groups is 1. The van der Waals surface area contributed by atoms with Crippen LogP contribution in [0, 0.1) is 0 Å². The minimum absolute atomic E-state index is 0.553. The van der Waals surface area contributed by atoms with E-state index in [0.717, 1.165) is 4.60 Å². The molecule has 1 aromatic heterocycles. The molecule has 0 spiro atoms. The topological polar surface area (TPSA) is 55.1 Å². The van der Waals surface area contributed by atoms with Gasteiger partial charge in [-0.2, -0.15) is 5.10 Å². The van der Waals surface area contributed by atoms with Crippen molar-refractivity contribution in [3.63, 3.8) is 0 Å². The Morgan fingerprint density at radius 1 is 1.83 bits per heavy atom. The van der Waals surface area contributed by atoms with E-state index in [9.17, 15) is 4.79 Å². The summed E-state index contributed by atoms with van der Waals surface area (Å²) in [5.41, 5.74) is 0.567. The zero-order valence-electron chi connectivity index (χ0n) is 6.78. The van der Waals surface area contributed by atoms with Crippen LogP contribution in [0.25, 0.3) is 0 Å². The minimum Gasteiger partial charge on any atom is -0.481 e. The van der Waals surface area contributed by atoms with Crippen molar-refractivity contribution in [2.45, 2.75) is 12.8 Å². The first kappa shape index (κ1) is 9.25. The molecule has 1 N–H and O–H groups in total.